The van der Waals surface area contributed by atoms with Crippen LogP contribution in [0.25, 0.3) is 0 Å². The van der Waals surface area contributed by atoms with Crippen molar-refractivity contribution in [3.63, 3.8) is 0 Å². The average Bonchev–Trinajstić information content (AvgIpc) is 3.17. The number of hydrogen-bond acceptors (Lipinski definition) is 4. The summed E-state index contributed by atoms with van der Waals surface area (Å²) in [7, 11) is 0. The van der Waals surface area contributed by atoms with Crippen molar-refractivity contribution in [1.29, 1.82) is 0 Å². The number of rotatable bonds is 9. The summed E-state index contributed by atoms with van der Waals surface area (Å²) >= 11 is 0. The molecule has 2 rings (SSSR count). The van der Waals surface area contributed by atoms with E-state index in [1.54, 1.807) is 11.0 Å². The minimum atomic E-state index is -0.468. The van der Waals surface area contributed by atoms with Gasteiger partial charge in [-0.05, 0) is 38.3 Å². The molecule has 2 atom stereocenters. The maximum atomic E-state index is 11.8. The molecule has 1 saturated heterocycles. The van der Waals surface area contributed by atoms with Gasteiger partial charge in [-0.3, -0.25) is 14.4 Å². The van der Waals surface area contributed by atoms with Gasteiger partial charge in [0, 0.05) is 13.0 Å². The SMILES string of the molecule is C[C@H]1CCCC[NH+]1CCCNC(=O)CNC(=O)CNC(=O)c1ccco1. The van der Waals surface area contributed by atoms with Crippen molar-refractivity contribution >= 4 is 17.7 Å². The second-order valence-corrected chi connectivity index (χ2v) is 6.70. The van der Waals surface area contributed by atoms with Crippen molar-refractivity contribution in [2.75, 3.05) is 32.7 Å². The summed E-state index contributed by atoms with van der Waals surface area (Å²) in [4.78, 5) is 36.6. The van der Waals surface area contributed by atoms with E-state index in [9.17, 15) is 14.4 Å². The van der Waals surface area contributed by atoms with Crippen molar-refractivity contribution in [2.24, 2.45) is 0 Å². The normalized spacial score (nSPS) is 19.6. The smallest absolute Gasteiger partial charge is 0.287 e. The summed E-state index contributed by atoms with van der Waals surface area (Å²) in [5, 5.41) is 7.71. The lowest BCUT2D eigenvalue weighted by molar-refractivity contribution is -0.928. The van der Waals surface area contributed by atoms with Crippen LogP contribution in [-0.4, -0.2) is 56.5 Å². The topological polar surface area (TPSA) is 105 Å². The Kier molecular flexibility index (Phi) is 8.14. The summed E-state index contributed by atoms with van der Waals surface area (Å²) < 4.78 is 4.92. The molecule has 1 aliphatic heterocycles. The lowest BCUT2D eigenvalue weighted by Gasteiger charge is -2.30. The molecule has 3 amide bonds. The van der Waals surface area contributed by atoms with Crippen LogP contribution in [0.3, 0.4) is 0 Å². The third kappa shape index (κ3) is 6.87. The number of carbonyl (C=O) groups excluding carboxylic acids is 3. The zero-order chi connectivity index (χ0) is 18.8. The van der Waals surface area contributed by atoms with Gasteiger partial charge < -0.3 is 25.3 Å². The fourth-order valence-corrected chi connectivity index (χ4v) is 3.13. The predicted molar refractivity (Wildman–Crippen MR) is 95.7 cm³/mol. The highest BCUT2D eigenvalue weighted by Gasteiger charge is 2.20. The quantitative estimate of drug-likeness (QED) is 0.425. The fraction of sp³-hybridized carbons (Fsp3) is 0.611. The van der Waals surface area contributed by atoms with E-state index in [-0.39, 0.29) is 24.8 Å². The Bertz CT molecular complexity index is 588. The molecule has 0 saturated carbocycles. The second kappa shape index (κ2) is 10.6. The van der Waals surface area contributed by atoms with E-state index in [4.69, 9.17) is 4.42 Å². The molecule has 0 aromatic carbocycles. The van der Waals surface area contributed by atoms with Crippen LogP contribution < -0.4 is 20.9 Å². The molecule has 1 aromatic heterocycles. The maximum absolute atomic E-state index is 11.8. The van der Waals surface area contributed by atoms with E-state index in [1.807, 2.05) is 0 Å². The van der Waals surface area contributed by atoms with E-state index < -0.39 is 11.8 Å². The lowest BCUT2D eigenvalue weighted by atomic mass is 10.0. The van der Waals surface area contributed by atoms with Gasteiger partial charge in [-0.1, -0.05) is 0 Å². The van der Waals surface area contributed by atoms with E-state index in [2.05, 4.69) is 22.9 Å². The highest BCUT2D eigenvalue weighted by Crippen LogP contribution is 2.01. The number of piperidine rings is 1. The van der Waals surface area contributed by atoms with Gasteiger partial charge >= 0.3 is 0 Å². The van der Waals surface area contributed by atoms with Crippen molar-refractivity contribution in [2.45, 2.75) is 38.6 Å². The summed E-state index contributed by atoms with van der Waals surface area (Å²) in [6.45, 7) is 4.88. The van der Waals surface area contributed by atoms with E-state index >= 15 is 0 Å². The number of likely N-dealkylation sites (tertiary alicyclic amines) is 1. The van der Waals surface area contributed by atoms with Gasteiger partial charge in [0.1, 0.15) is 0 Å². The van der Waals surface area contributed by atoms with Gasteiger partial charge in [-0.15, -0.1) is 0 Å². The van der Waals surface area contributed by atoms with Gasteiger partial charge in [0.2, 0.25) is 11.8 Å². The van der Waals surface area contributed by atoms with Crippen LogP contribution in [-0.2, 0) is 9.59 Å². The van der Waals surface area contributed by atoms with Crippen LogP contribution in [0.2, 0.25) is 0 Å². The summed E-state index contributed by atoms with van der Waals surface area (Å²) in [5.41, 5.74) is 0. The molecule has 1 aromatic rings. The average molecular weight is 365 g/mol. The Hall–Kier alpha value is -2.35. The molecule has 4 N–H and O–H groups in total. The largest absolute Gasteiger partial charge is 0.459 e. The molecular weight excluding hydrogens is 336 g/mol. The van der Waals surface area contributed by atoms with Crippen molar-refractivity contribution in [1.82, 2.24) is 16.0 Å². The number of furan rings is 1. The third-order valence-electron chi connectivity index (χ3n) is 4.68. The molecule has 0 radical (unpaired) electrons. The minimum absolute atomic E-state index is 0.0948. The summed E-state index contributed by atoms with van der Waals surface area (Å²) in [5.74, 6) is -0.978. The summed E-state index contributed by atoms with van der Waals surface area (Å²) in [6, 6.07) is 3.80. The first-order valence-electron chi connectivity index (χ1n) is 9.26. The second-order valence-electron chi connectivity index (χ2n) is 6.70. The van der Waals surface area contributed by atoms with Gasteiger partial charge in [0.25, 0.3) is 5.91 Å². The predicted octanol–water partition coefficient (Wildman–Crippen LogP) is -0.911. The van der Waals surface area contributed by atoms with Crippen LogP contribution in [0.4, 0.5) is 0 Å². The highest BCUT2D eigenvalue weighted by atomic mass is 16.3. The van der Waals surface area contributed by atoms with Crippen LogP contribution in [0.1, 0.15) is 43.2 Å². The molecule has 144 valence electrons. The van der Waals surface area contributed by atoms with Gasteiger partial charge in [-0.2, -0.15) is 0 Å². The molecule has 0 spiro atoms. The Labute approximate surface area is 153 Å². The van der Waals surface area contributed by atoms with E-state index in [1.165, 1.54) is 38.1 Å². The number of hydrogen-bond donors (Lipinski definition) is 4. The first-order valence-corrected chi connectivity index (χ1v) is 9.26. The van der Waals surface area contributed by atoms with Gasteiger partial charge in [0.05, 0.1) is 38.5 Å². The molecule has 0 bridgehead atoms. The molecule has 8 nitrogen and oxygen atoms in total. The summed E-state index contributed by atoms with van der Waals surface area (Å²) in [6.07, 6.45) is 6.20. The van der Waals surface area contributed by atoms with Gasteiger partial charge in [0.15, 0.2) is 5.76 Å². The Morgan fingerprint density at radius 3 is 2.65 bits per heavy atom. The van der Waals surface area contributed by atoms with E-state index in [0.29, 0.717) is 12.6 Å². The molecular formula is C18H29N4O4+. The Balaban J connectivity index is 1.51. The van der Waals surface area contributed by atoms with Crippen LogP contribution in [0.5, 0.6) is 0 Å². The third-order valence-corrected chi connectivity index (χ3v) is 4.68. The first kappa shape index (κ1) is 20.0. The molecule has 2 heterocycles. The maximum Gasteiger partial charge on any atom is 0.287 e. The monoisotopic (exact) mass is 365 g/mol. The standard InChI is InChI=1S/C18H28N4O4/c1-14-6-2-3-9-22(14)10-5-8-19-16(23)12-20-17(24)13-21-18(25)15-7-4-11-26-15/h4,7,11,14H,2-3,5-6,8-10,12-13H2,1H3,(H,19,23)(H,20,24)(H,21,25)/p+1/t14-/m0/s1. The molecule has 0 aliphatic carbocycles. The lowest BCUT2D eigenvalue weighted by Crippen LogP contribution is -3.16. The highest BCUT2D eigenvalue weighted by molar-refractivity contribution is 5.94. The first-order chi connectivity index (χ1) is 12.6. The van der Waals surface area contributed by atoms with Crippen molar-refractivity contribution < 1.29 is 23.7 Å². The molecule has 1 aliphatic rings. The molecule has 1 unspecified atom stereocenters. The van der Waals surface area contributed by atoms with E-state index in [0.717, 1.165) is 13.0 Å². The Morgan fingerprint density at radius 1 is 1.15 bits per heavy atom. The molecule has 26 heavy (non-hydrogen) atoms. The number of nitrogens with one attached hydrogen (secondary N) is 4. The zero-order valence-corrected chi connectivity index (χ0v) is 15.3. The molecule has 8 heteroatoms. The van der Waals surface area contributed by atoms with Crippen molar-refractivity contribution in [3.05, 3.63) is 24.2 Å². The number of carbonyl (C=O) groups is 3. The number of amides is 3. The molecule has 1 fully saturated rings. The number of quaternary nitrogens is 1. The Morgan fingerprint density at radius 2 is 1.92 bits per heavy atom. The minimum Gasteiger partial charge on any atom is -0.459 e. The fourth-order valence-electron chi connectivity index (χ4n) is 3.13. The van der Waals surface area contributed by atoms with Crippen LogP contribution in [0.15, 0.2) is 22.8 Å². The van der Waals surface area contributed by atoms with Crippen LogP contribution in [0, 0.1) is 0 Å². The van der Waals surface area contributed by atoms with Crippen LogP contribution >= 0.6 is 0 Å². The van der Waals surface area contributed by atoms with Crippen molar-refractivity contribution in [3.8, 4) is 0 Å². The zero-order valence-electron chi connectivity index (χ0n) is 15.3. The van der Waals surface area contributed by atoms with Gasteiger partial charge in [-0.25, -0.2) is 0 Å².